The average Bonchev–Trinajstić information content (AvgIpc) is 3.23. The second-order valence-corrected chi connectivity index (χ2v) is 7.10. The maximum Gasteiger partial charge on any atom is 0.287 e. The fourth-order valence-corrected chi connectivity index (χ4v) is 3.77. The van der Waals surface area contributed by atoms with E-state index in [1.54, 1.807) is 6.07 Å². The Morgan fingerprint density at radius 3 is 2.31 bits per heavy atom. The van der Waals surface area contributed by atoms with Crippen molar-refractivity contribution in [3.63, 3.8) is 0 Å². The number of carbonyl (C=O) groups is 2. The highest BCUT2D eigenvalue weighted by Crippen LogP contribution is 2.27. The summed E-state index contributed by atoms with van der Waals surface area (Å²) in [6.45, 7) is 3.80. The number of hydrazine groups is 1. The maximum atomic E-state index is 12.7. The van der Waals surface area contributed by atoms with E-state index >= 15 is 0 Å². The number of para-hydroxylation sites is 2. The molecule has 4 rings (SSSR count). The van der Waals surface area contributed by atoms with Gasteiger partial charge in [-0.25, -0.2) is 0 Å². The lowest BCUT2D eigenvalue weighted by Gasteiger charge is -2.10. The summed E-state index contributed by atoms with van der Waals surface area (Å²) in [6, 6.07) is 18.9. The molecule has 146 valence electrons. The molecule has 0 saturated heterocycles. The number of hydrogen-bond acceptors (Lipinski definition) is 2. The van der Waals surface area contributed by atoms with Crippen molar-refractivity contribution in [1.82, 2.24) is 20.4 Å². The molecule has 0 aliphatic rings. The minimum atomic E-state index is -0.517. The fourth-order valence-electron chi connectivity index (χ4n) is 3.47. The van der Waals surface area contributed by atoms with Crippen molar-refractivity contribution in [1.29, 1.82) is 0 Å². The zero-order chi connectivity index (χ0) is 20.5. The van der Waals surface area contributed by atoms with E-state index in [-0.39, 0.29) is 5.69 Å². The smallest absolute Gasteiger partial charge is 0.287 e. The highest BCUT2D eigenvalue weighted by molar-refractivity contribution is 6.38. The van der Waals surface area contributed by atoms with Crippen LogP contribution in [0.15, 0.2) is 60.7 Å². The molecule has 0 radical (unpaired) electrons. The van der Waals surface area contributed by atoms with Gasteiger partial charge in [-0.05, 0) is 38.1 Å². The zero-order valence-electron chi connectivity index (χ0n) is 15.9. The number of hydrogen-bond donors (Lipinski definition) is 3. The van der Waals surface area contributed by atoms with Gasteiger partial charge < -0.3 is 9.55 Å². The van der Waals surface area contributed by atoms with Crippen LogP contribution < -0.4 is 10.9 Å². The van der Waals surface area contributed by atoms with Crippen LogP contribution in [-0.2, 0) is 0 Å². The van der Waals surface area contributed by atoms with Crippen molar-refractivity contribution in [2.75, 3.05) is 0 Å². The van der Waals surface area contributed by atoms with Gasteiger partial charge in [0, 0.05) is 28.0 Å². The van der Waals surface area contributed by atoms with E-state index in [1.807, 2.05) is 73.0 Å². The van der Waals surface area contributed by atoms with Crippen LogP contribution in [0.2, 0.25) is 5.02 Å². The van der Waals surface area contributed by atoms with Gasteiger partial charge >= 0.3 is 0 Å². The van der Waals surface area contributed by atoms with Gasteiger partial charge in [0.15, 0.2) is 0 Å². The van der Waals surface area contributed by atoms with E-state index in [2.05, 4.69) is 15.8 Å². The van der Waals surface area contributed by atoms with Gasteiger partial charge in [-0.3, -0.25) is 20.4 Å². The Morgan fingerprint density at radius 1 is 0.931 bits per heavy atom. The number of amides is 2. The summed E-state index contributed by atoms with van der Waals surface area (Å²) in [5, 5.41) is 1.06. The first kappa shape index (κ1) is 18.8. The third-order valence-electron chi connectivity index (χ3n) is 4.85. The van der Waals surface area contributed by atoms with Crippen LogP contribution in [0.5, 0.6) is 0 Å². The van der Waals surface area contributed by atoms with Crippen LogP contribution >= 0.6 is 11.6 Å². The normalized spacial score (nSPS) is 10.9. The molecule has 0 aliphatic carbocycles. The molecule has 7 heteroatoms. The third-order valence-corrected chi connectivity index (χ3v) is 5.24. The molecule has 6 nitrogen and oxygen atoms in total. The lowest BCUT2D eigenvalue weighted by atomic mass is 10.2. The number of halogens is 1. The zero-order valence-corrected chi connectivity index (χ0v) is 16.7. The number of fused-ring (bicyclic) bond motifs is 1. The van der Waals surface area contributed by atoms with Crippen LogP contribution in [0.3, 0.4) is 0 Å². The highest BCUT2D eigenvalue weighted by Gasteiger charge is 2.19. The van der Waals surface area contributed by atoms with Gasteiger partial charge in [0.25, 0.3) is 11.8 Å². The van der Waals surface area contributed by atoms with Crippen LogP contribution in [0, 0.1) is 13.8 Å². The van der Waals surface area contributed by atoms with Gasteiger partial charge in [0.2, 0.25) is 0 Å². The lowest BCUT2D eigenvalue weighted by Crippen LogP contribution is -2.42. The summed E-state index contributed by atoms with van der Waals surface area (Å²) in [5.74, 6) is -0.919. The Labute approximate surface area is 172 Å². The summed E-state index contributed by atoms with van der Waals surface area (Å²) in [4.78, 5) is 28.1. The Kier molecular flexibility index (Phi) is 4.86. The van der Waals surface area contributed by atoms with Crippen molar-refractivity contribution < 1.29 is 9.59 Å². The quantitative estimate of drug-likeness (QED) is 0.443. The number of aromatic amines is 1. The van der Waals surface area contributed by atoms with Crippen molar-refractivity contribution in [3.8, 4) is 5.69 Å². The Hall–Kier alpha value is -3.51. The molecule has 2 heterocycles. The second-order valence-electron chi connectivity index (χ2n) is 6.72. The van der Waals surface area contributed by atoms with Gasteiger partial charge in [-0.1, -0.05) is 48.0 Å². The van der Waals surface area contributed by atoms with Crippen LogP contribution in [0.25, 0.3) is 16.6 Å². The van der Waals surface area contributed by atoms with Crippen molar-refractivity contribution in [2.24, 2.45) is 0 Å². The predicted molar refractivity (Wildman–Crippen MR) is 113 cm³/mol. The van der Waals surface area contributed by atoms with E-state index in [4.69, 9.17) is 11.6 Å². The summed E-state index contributed by atoms with van der Waals surface area (Å²) in [5.41, 5.74) is 9.00. The molecule has 4 aromatic rings. The number of H-pyrrole nitrogens is 1. The average molecular weight is 407 g/mol. The van der Waals surface area contributed by atoms with Gasteiger partial charge in [-0.2, -0.15) is 0 Å². The number of carbonyl (C=O) groups excluding carboxylic acids is 2. The number of rotatable bonds is 3. The molecule has 2 amide bonds. The molecule has 0 spiro atoms. The molecular formula is C22H19ClN4O2. The predicted octanol–water partition coefficient (Wildman–Crippen LogP) is 4.30. The lowest BCUT2D eigenvalue weighted by molar-refractivity contribution is 0.0844. The number of aryl methyl sites for hydroxylation is 1. The molecule has 0 bridgehead atoms. The van der Waals surface area contributed by atoms with E-state index in [1.165, 1.54) is 0 Å². The summed E-state index contributed by atoms with van der Waals surface area (Å²) >= 11 is 6.29. The molecule has 2 aromatic carbocycles. The van der Waals surface area contributed by atoms with E-state index in [9.17, 15) is 9.59 Å². The molecule has 0 atom stereocenters. The summed E-state index contributed by atoms with van der Waals surface area (Å²) < 4.78 is 1.99. The fraction of sp³-hybridized carbons (Fsp3) is 0.0909. The van der Waals surface area contributed by atoms with Gasteiger partial charge in [0.1, 0.15) is 5.69 Å². The number of nitrogens with one attached hydrogen (secondary N) is 3. The largest absolute Gasteiger partial charge is 0.349 e. The number of benzene rings is 2. The maximum absolute atomic E-state index is 12.7. The monoisotopic (exact) mass is 406 g/mol. The Bertz CT molecular complexity index is 1220. The molecule has 0 unspecified atom stereocenters. The van der Waals surface area contributed by atoms with Crippen LogP contribution in [0.4, 0.5) is 0 Å². The molecule has 0 saturated carbocycles. The summed E-state index contributed by atoms with van der Waals surface area (Å²) in [7, 11) is 0. The topological polar surface area (TPSA) is 78.9 Å². The summed E-state index contributed by atoms with van der Waals surface area (Å²) in [6.07, 6.45) is 0. The first-order valence-corrected chi connectivity index (χ1v) is 9.46. The van der Waals surface area contributed by atoms with Gasteiger partial charge in [-0.15, -0.1) is 0 Å². The minimum Gasteiger partial charge on any atom is -0.349 e. The van der Waals surface area contributed by atoms with Crippen LogP contribution in [-0.4, -0.2) is 21.4 Å². The first-order valence-electron chi connectivity index (χ1n) is 9.08. The molecule has 0 aliphatic heterocycles. The van der Waals surface area contributed by atoms with Crippen molar-refractivity contribution in [2.45, 2.75) is 13.8 Å². The Balaban J connectivity index is 1.53. The van der Waals surface area contributed by atoms with E-state index in [0.29, 0.717) is 10.6 Å². The highest BCUT2D eigenvalue weighted by atomic mass is 35.5. The van der Waals surface area contributed by atoms with Gasteiger partial charge in [0.05, 0.1) is 10.6 Å². The van der Waals surface area contributed by atoms with Crippen molar-refractivity contribution >= 4 is 34.3 Å². The molecule has 29 heavy (non-hydrogen) atoms. The molecule has 0 fully saturated rings. The number of aromatic nitrogens is 2. The number of nitrogens with zero attached hydrogens (tertiary/aromatic N) is 1. The Morgan fingerprint density at radius 2 is 1.59 bits per heavy atom. The van der Waals surface area contributed by atoms with Crippen LogP contribution in [0.1, 0.15) is 32.2 Å². The molecular weight excluding hydrogens is 388 g/mol. The standard InChI is InChI=1S/C22H19ClN4O2/c1-13-12-17(14(2)27(13)15-8-4-3-5-9-15)21(28)25-26-22(29)20-19(23)16-10-6-7-11-18(16)24-20/h3-12,24H,1-2H3,(H,25,28)(H,26,29). The molecule has 2 aromatic heterocycles. The third kappa shape index (κ3) is 3.39. The minimum absolute atomic E-state index is 0.197. The van der Waals surface area contributed by atoms with Crippen molar-refractivity contribution in [3.05, 3.63) is 88.3 Å². The second kappa shape index (κ2) is 7.48. The van der Waals surface area contributed by atoms with E-state index in [0.717, 1.165) is 28.0 Å². The first-order chi connectivity index (χ1) is 14.0. The van der Waals surface area contributed by atoms with E-state index < -0.39 is 11.8 Å². The molecule has 3 N–H and O–H groups in total. The SMILES string of the molecule is Cc1cc(C(=O)NNC(=O)c2[nH]c3ccccc3c2Cl)c(C)n1-c1ccccc1.